The van der Waals surface area contributed by atoms with E-state index in [0.29, 0.717) is 0 Å². The van der Waals surface area contributed by atoms with Crippen LogP contribution in [0.1, 0.15) is 0 Å². The summed E-state index contributed by atoms with van der Waals surface area (Å²) in [5.41, 5.74) is -0.414. The van der Waals surface area contributed by atoms with Crippen LogP contribution in [0.2, 0.25) is 0 Å². The molecule has 0 aromatic carbocycles. The smallest absolute Gasteiger partial charge is 0.274 e. The van der Waals surface area contributed by atoms with E-state index in [1.807, 2.05) is 0 Å². The van der Waals surface area contributed by atoms with Gasteiger partial charge in [0.05, 0.1) is 0 Å². The van der Waals surface area contributed by atoms with Gasteiger partial charge in [-0.05, 0) is 0 Å². The van der Waals surface area contributed by atoms with Gasteiger partial charge >= 0.3 is 0 Å². The van der Waals surface area contributed by atoms with Crippen LogP contribution in [0.5, 0.6) is 0 Å². The topological polar surface area (TPSA) is 47.0 Å². The molecule has 0 aliphatic rings. The summed E-state index contributed by atoms with van der Waals surface area (Å²) < 4.78 is 5.43. The Morgan fingerprint density at radius 1 is 2.00 bits per heavy atom. The first-order chi connectivity index (χ1) is 3.29. The van der Waals surface area contributed by atoms with E-state index in [1.165, 1.54) is 10.9 Å². The van der Waals surface area contributed by atoms with E-state index >= 15 is 0 Å². The highest BCUT2D eigenvalue weighted by molar-refractivity contribution is 4.47. The minimum Gasteiger partial charge on any atom is -0.298 e. The van der Waals surface area contributed by atoms with Crippen molar-refractivity contribution in [3.8, 4) is 0 Å². The van der Waals surface area contributed by atoms with Crippen molar-refractivity contribution < 1.29 is 9.20 Å². The van der Waals surface area contributed by atoms with Crippen molar-refractivity contribution in [3.63, 3.8) is 0 Å². The average molecular weight is 100 g/mol. The predicted octanol–water partition coefficient (Wildman–Crippen LogP) is -1.42. The van der Waals surface area contributed by atoms with Gasteiger partial charge in [-0.1, -0.05) is 0 Å². The summed E-state index contributed by atoms with van der Waals surface area (Å²) in [5.74, 6) is 0. The van der Waals surface area contributed by atoms with Gasteiger partial charge in [-0.2, -0.15) is 0 Å². The first kappa shape index (κ1) is 4.11. The summed E-state index contributed by atoms with van der Waals surface area (Å²) in [5, 5.41) is 3.25. The third-order valence-corrected chi connectivity index (χ3v) is 0.552. The third kappa shape index (κ3) is 0.677. The van der Waals surface area contributed by atoms with Gasteiger partial charge in [-0.3, -0.25) is 9.32 Å². The van der Waals surface area contributed by atoms with Gasteiger partial charge in [0, 0.05) is 6.20 Å². The van der Waals surface area contributed by atoms with Gasteiger partial charge in [0.1, 0.15) is 7.05 Å². The van der Waals surface area contributed by atoms with Gasteiger partial charge in [0.15, 0.2) is 5.27 Å². The fourth-order valence-electron chi connectivity index (χ4n) is 0.304. The maximum Gasteiger partial charge on any atom is 0.274 e. The van der Waals surface area contributed by atoms with Crippen molar-refractivity contribution in [1.29, 1.82) is 0 Å². The third-order valence-electron chi connectivity index (χ3n) is 0.552. The van der Waals surface area contributed by atoms with Gasteiger partial charge < -0.3 is 0 Å². The summed E-state index contributed by atoms with van der Waals surface area (Å²) in [6.07, 6.45) is 1.25. The zero-order valence-electron chi connectivity index (χ0n) is 3.79. The Kier molecular flexibility index (Phi) is 0.714. The van der Waals surface area contributed by atoms with Gasteiger partial charge in [0.2, 0.25) is 0 Å². The summed E-state index contributed by atoms with van der Waals surface area (Å²) in [6, 6.07) is 0. The Labute approximate surface area is 39.3 Å². The molecule has 0 amide bonds. The lowest BCUT2D eigenvalue weighted by Crippen LogP contribution is -2.28. The van der Waals surface area contributed by atoms with Crippen LogP contribution in [0.4, 0.5) is 0 Å². The van der Waals surface area contributed by atoms with Crippen molar-refractivity contribution in [1.82, 2.24) is 5.27 Å². The molecule has 0 unspecified atom stereocenters. The molecule has 38 valence electrons. The molecule has 0 radical (unpaired) electrons. The second kappa shape index (κ2) is 1.22. The highest BCUT2D eigenvalue weighted by atomic mass is 16.5. The summed E-state index contributed by atoms with van der Waals surface area (Å²) in [7, 11) is 1.62. The van der Waals surface area contributed by atoms with Crippen LogP contribution >= 0.6 is 0 Å². The maximum atomic E-state index is 10.0. The lowest BCUT2D eigenvalue weighted by Gasteiger charge is -1.67. The van der Waals surface area contributed by atoms with E-state index in [0.717, 1.165) is 0 Å². The molecule has 0 spiro atoms. The number of nitrogens with zero attached hydrogens (tertiary/aromatic N) is 2. The zero-order valence-corrected chi connectivity index (χ0v) is 3.79. The monoisotopic (exact) mass is 100 g/mol. The first-order valence-corrected chi connectivity index (χ1v) is 1.78. The summed E-state index contributed by atoms with van der Waals surface area (Å²) in [6.45, 7) is 0. The van der Waals surface area contributed by atoms with Crippen molar-refractivity contribution in [2.45, 2.75) is 0 Å². The Morgan fingerprint density at radius 2 is 2.71 bits per heavy atom. The average Bonchev–Trinajstić information content (AvgIpc) is 1.87. The molecular weight excluding hydrogens is 96.0 g/mol. The van der Waals surface area contributed by atoms with E-state index in [9.17, 15) is 4.79 Å². The molecule has 1 aromatic heterocycles. The Balaban J connectivity index is 3.30. The lowest BCUT2D eigenvalue weighted by atomic mass is 10.9. The summed E-state index contributed by atoms with van der Waals surface area (Å²) in [4.78, 5) is 10.0. The highest BCUT2D eigenvalue weighted by Gasteiger charge is 1.82. The largest absolute Gasteiger partial charge is 0.298 e. The first-order valence-electron chi connectivity index (χ1n) is 1.78. The molecule has 7 heavy (non-hydrogen) atoms. The molecule has 1 aromatic rings. The Hall–Kier alpha value is -1.06. The Bertz CT molecular complexity index is 199. The molecule has 0 bridgehead atoms. The van der Waals surface area contributed by atoms with Gasteiger partial charge in [-0.15, -0.1) is 0 Å². The number of hydrogen-bond acceptors (Lipinski definition) is 3. The van der Waals surface area contributed by atoms with Crippen molar-refractivity contribution in [3.05, 3.63) is 16.6 Å². The van der Waals surface area contributed by atoms with E-state index in [-0.39, 0.29) is 0 Å². The molecule has 0 saturated heterocycles. The molecular formula is C3H4N2O2. The second-order valence-corrected chi connectivity index (χ2v) is 1.19. The van der Waals surface area contributed by atoms with Crippen LogP contribution in [0.25, 0.3) is 0 Å². The lowest BCUT2D eigenvalue weighted by molar-refractivity contribution is -0.739. The van der Waals surface area contributed by atoms with E-state index in [1.54, 1.807) is 7.05 Å². The summed E-state index contributed by atoms with van der Waals surface area (Å²) >= 11 is 0. The molecule has 0 aliphatic heterocycles. The molecule has 1 heterocycles. The minimum absolute atomic E-state index is 0.414. The second-order valence-electron chi connectivity index (χ2n) is 1.19. The fraction of sp³-hybridized carbons (Fsp3) is 0.333. The predicted molar refractivity (Wildman–Crippen MR) is 19.5 cm³/mol. The number of aryl methyl sites for hydroxylation is 1. The Morgan fingerprint density at radius 3 is 2.86 bits per heavy atom. The van der Waals surface area contributed by atoms with Crippen LogP contribution < -0.4 is 10.3 Å². The molecule has 4 heteroatoms. The van der Waals surface area contributed by atoms with Gasteiger partial charge in [0.25, 0.3) is 5.63 Å². The SMILES string of the molecule is C[n+]1[cH-]c(=O)on1. The van der Waals surface area contributed by atoms with Crippen molar-refractivity contribution >= 4 is 0 Å². The standard InChI is InChI=1S/C3H4N2O2/c1-5-2-3(6)7-4-5/h2H,1H3. The van der Waals surface area contributed by atoms with Crippen LogP contribution in [0.15, 0.2) is 15.5 Å². The molecule has 0 N–H and O–H groups in total. The minimum atomic E-state index is -0.414. The van der Waals surface area contributed by atoms with Crippen LogP contribution in [0, 0.1) is 0 Å². The molecule has 4 nitrogen and oxygen atoms in total. The molecule has 0 atom stereocenters. The molecule has 0 aliphatic carbocycles. The van der Waals surface area contributed by atoms with E-state index in [4.69, 9.17) is 0 Å². The molecule has 0 fully saturated rings. The van der Waals surface area contributed by atoms with E-state index < -0.39 is 5.63 Å². The van der Waals surface area contributed by atoms with Crippen LogP contribution in [-0.4, -0.2) is 5.27 Å². The number of aromatic nitrogens is 2. The van der Waals surface area contributed by atoms with Gasteiger partial charge in [-0.25, -0.2) is 4.68 Å². The van der Waals surface area contributed by atoms with Crippen molar-refractivity contribution in [2.24, 2.45) is 7.05 Å². The fourth-order valence-corrected chi connectivity index (χ4v) is 0.304. The number of hydrogen-bond donors (Lipinski definition) is 0. The molecule has 1 rings (SSSR count). The quantitative estimate of drug-likeness (QED) is 0.297. The normalized spacial score (nSPS) is 9.29. The van der Waals surface area contributed by atoms with Crippen LogP contribution in [-0.2, 0) is 7.05 Å². The zero-order chi connectivity index (χ0) is 5.28. The van der Waals surface area contributed by atoms with Crippen LogP contribution in [0.3, 0.4) is 0 Å². The maximum absolute atomic E-state index is 10.0. The van der Waals surface area contributed by atoms with E-state index in [2.05, 4.69) is 9.79 Å². The number of rotatable bonds is 0. The highest BCUT2D eigenvalue weighted by Crippen LogP contribution is 1.48. The molecule has 0 saturated carbocycles. The van der Waals surface area contributed by atoms with Crippen molar-refractivity contribution in [2.75, 3.05) is 0 Å².